The quantitative estimate of drug-likeness (QED) is 0.663. The van der Waals surface area contributed by atoms with Crippen molar-refractivity contribution in [2.75, 3.05) is 0 Å². The summed E-state index contributed by atoms with van der Waals surface area (Å²) in [7, 11) is 0. The Morgan fingerprint density at radius 1 is 1.39 bits per heavy atom. The zero-order valence-electron chi connectivity index (χ0n) is 9.29. The number of rotatable bonds is 4. The standard InChI is InChI=1S/C12H11BrF2N2S/c13-8-5-11(18-6-8)10(17-16)4-7-2-1-3-9(14)12(7)15/h1-3,5-6,10,17H,4,16H2. The first kappa shape index (κ1) is 13.6. The zero-order valence-corrected chi connectivity index (χ0v) is 11.7. The minimum absolute atomic E-state index is 0.238. The van der Waals surface area contributed by atoms with Gasteiger partial charge in [0.05, 0.1) is 6.04 Å². The molecule has 96 valence electrons. The lowest BCUT2D eigenvalue weighted by atomic mass is 10.0. The molecule has 0 amide bonds. The number of thiophene rings is 1. The van der Waals surface area contributed by atoms with Gasteiger partial charge in [-0.05, 0) is 40.0 Å². The monoisotopic (exact) mass is 332 g/mol. The SMILES string of the molecule is NNC(Cc1cccc(F)c1F)c1cc(Br)cs1. The second-order valence-electron chi connectivity index (χ2n) is 3.80. The van der Waals surface area contributed by atoms with Crippen LogP contribution in [-0.2, 0) is 6.42 Å². The fraction of sp³-hybridized carbons (Fsp3) is 0.167. The van der Waals surface area contributed by atoms with Gasteiger partial charge < -0.3 is 0 Å². The number of nitrogens with two attached hydrogens (primary N) is 1. The van der Waals surface area contributed by atoms with Crippen LogP contribution >= 0.6 is 27.3 Å². The van der Waals surface area contributed by atoms with E-state index in [0.717, 1.165) is 15.4 Å². The molecule has 1 unspecified atom stereocenters. The van der Waals surface area contributed by atoms with Crippen LogP contribution in [0.1, 0.15) is 16.5 Å². The first-order valence-corrected chi connectivity index (χ1v) is 6.92. The van der Waals surface area contributed by atoms with Gasteiger partial charge in [-0.2, -0.15) is 0 Å². The van der Waals surface area contributed by atoms with Crippen LogP contribution in [0.2, 0.25) is 0 Å². The molecule has 0 aliphatic heterocycles. The smallest absolute Gasteiger partial charge is 0.162 e. The summed E-state index contributed by atoms with van der Waals surface area (Å²) >= 11 is 4.85. The Bertz CT molecular complexity index is 545. The Kier molecular flexibility index (Phi) is 4.45. The molecule has 3 N–H and O–H groups in total. The van der Waals surface area contributed by atoms with E-state index in [1.165, 1.54) is 17.4 Å². The molecule has 0 aliphatic rings. The van der Waals surface area contributed by atoms with E-state index in [9.17, 15) is 8.78 Å². The van der Waals surface area contributed by atoms with Crippen molar-refractivity contribution in [3.05, 3.63) is 56.2 Å². The molecule has 2 rings (SSSR count). The van der Waals surface area contributed by atoms with Crippen LogP contribution < -0.4 is 11.3 Å². The average Bonchev–Trinajstić information content (AvgIpc) is 2.78. The zero-order chi connectivity index (χ0) is 13.1. The Morgan fingerprint density at radius 2 is 2.17 bits per heavy atom. The summed E-state index contributed by atoms with van der Waals surface area (Å²) in [5.74, 6) is 3.83. The molecule has 1 heterocycles. The van der Waals surface area contributed by atoms with Crippen LogP contribution in [0.25, 0.3) is 0 Å². The normalized spacial score (nSPS) is 12.7. The van der Waals surface area contributed by atoms with E-state index in [-0.39, 0.29) is 6.04 Å². The van der Waals surface area contributed by atoms with Crippen LogP contribution in [0.15, 0.2) is 34.1 Å². The maximum Gasteiger partial charge on any atom is 0.162 e. The largest absolute Gasteiger partial charge is 0.271 e. The molecule has 1 atom stereocenters. The van der Waals surface area contributed by atoms with Crippen LogP contribution in [0.4, 0.5) is 8.78 Å². The van der Waals surface area contributed by atoms with Crippen molar-refractivity contribution in [1.82, 2.24) is 5.43 Å². The summed E-state index contributed by atoms with van der Waals surface area (Å²) in [5, 5.41) is 1.92. The maximum absolute atomic E-state index is 13.6. The van der Waals surface area contributed by atoms with Crippen molar-refractivity contribution in [2.24, 2.45) is 5.84 Å². The molecular formula is C12H11BrF2N2S. The lowest BCUT2D eigenvalue weighted by molar-refractivity contribution is 0.483. The highest BCUT2D eigenvalue weighted by Gasteiger charge is 2.16. The minimum atomic E-state index is -0.837. The molecule has 2 nitrogen and oxygen atoms in total. The number of halogens is 3. The predicted octanol–water partition coefficient (Wildman–Crippen LogP) is 3.54. The summed E-state index contributed by atoms with van der Waals surface area (Å²) in [4.78, 5) is 0.966. The topological polar surface area (TPSA) is 38.0 Å². The highest BCUT2D eigenvalue weighted by atomic mass is 79.9. The Labute approximate surface area is 116 Å². The van der Waals surface area contributed by atoms with E-state index in [2.05, 4.69) is 21.4 Å². The molecule has 0 saturated heterocycles. The summed E-state index contributed by atoms with van der Waals surface area (Å²) < 4.78 is 27.6. The van der Waals surface area contributed by atoms with Crippen molar-refractivity contribution >= 4 is 27.3 Å². The summed E-state index contributed by atoms with van der Waals surface area (Å²) in [6.07, 6.45) is 0.299. The minimum Gasteiger partial charge on any atom is -0.271 e. The van der Waals surface area contributed by atoms with Gasteiger partial charge in [0.2, 0.25) is 0 Å². The highest BCUT2D eigenvalue weighted by molar-refractivity contribution is 9.10. The molecule has 1 aromatic heterocycles. The highest BCUT2D eigenvalue weighted by Crippen LogP contribution is 2.28. The molecule has 1 aromatic carbocycles. The second-order valence-corrected chi connectivity index (χ2v) is 5.66. The fourth-order valence-corrected chi connectivity index (χ4v) is 3.18. The lowest BCUT2D eigenvalue weighted by Gasteiger charge is -2.14. The van der Waals surface area contributed by atoms with Gasteiger partial charge in [0.1, 0.15) is 0 Å². The summed E-state index contributed by atoms with van der Waals surface area (Å²) in [5.41, 5.74) is 2.94. The van der Waals surface area contributed by atoms with Gasteiger partial charge in [0.25, 0.3) is 0 Å². The molecule has 0 radical (unpaired) electrons. The van der Waals surface area contributed by atoms with Crippen LogP contribution in [0, 0.1) is 11.6 Å². The van der Waals surface area contributed by atoms with Crippen molar-refractivity contribution in [3.8, 4) is 0 Å². The molecule has 0 spiro atoms. The van der Waals surface area contributed by atoms with Gasteiger partial charge in [-0.25, -0.2) is 8.78 Å². The first-order chi connectivity index (χ1) is 8.61. The van der Waals surface area contributed by atoms with Crippen molar-refractivity contribution in [2.45, 2.75) is 12.5 Å². The number of benzene rings is 1. The Balaban J connectivity index is 2.23. The van der Waals surface area contributed by atoms with Gasteiger partial charge in [-0.1, -0.05) is 12.1 Å². The van der Waals surface area contributed by atoms with Gasteiger partial charge in [0, 0.05) is 14.7 Å². The third kappa shape index (κ3) is 2.95. The third-order valence-corrected chi connectivity index (χ3v) is 4.40. The molecule has 0 saturated carbocycles. The maximum atomic E-state index is 13.6. The van der Waals surface area contributed by atoms with Gasteiger partial charge in [-0.15, -0.1) is 11.3 Å². The molecule has 6 heteroatoms. The number of hydrazine groups is 1. The molecule has 2 aromatic rings. The number of hydrogen-bond donors (Lipinski definition) is 2. The summed E-state index contributed by atoms with van der Waals surface area (Å²) in [6, 6.07) is 5.83. The van der Waals surface area contributed by atoms with E-state index in [4.69, 9.17) is 5.84 Å². The van der Waals surface area contributed by atoms with Crippen LogP contribution in [-0.4, -0.2) is 0 Å². The van der Waals surface area contributed by atoms with Gasteiger partial charge >= 0.3 is 0 Å². The Hall–Kier alpha value is -0.820. The second kappa shape index (κ2) is 5.88. The predicted molar refractivity (Wildman–Crippen MR) is 72.1 cm³/mol. The van der Waals surface area contributed by atoms with E-state index in [1.807, 2.05) is 11.4 Å². The van der Waals surface area contributed by atoms with Crippen molar-refractivity contribution < 1.29 is 8.78 Å². The Morgan fingerprint density at radius 3 is 2.78 bits per heavy atom. The van der Waals surface area contributed by atoms with Gasteiger partial charge in [0.15, 0.2) is 11.6 Å². The molecular weight excluding hydrogens is 322 g/mol. The first-order valence-electron chi connectivity index (χ1n) is 5.24. The molecule has 0 aliphatic carbocycles. The van der Waals surface area contributed by atoms with Crippen LogP contribution in [0.5, 0.6) is 0 Å². The van der Waals surface area contributed by atoms with Crippen molar-refractivity contribution in [1.29, 1.82) is 0 Å². The number of nitrogens with one attached hydrogen (secondary N) is 1. The van der Waals surface area contributed by atoms with E-state index < -0.39 is 11.6 Å². The molecule has 18 heavy (non-hydrogen) atoms. The lowest BCUT2D eigenvalue weighted by Crippen LogP contribution is -2.29. The van der Waals surface area contributed by atoms with Crippen molar-refractivity contribution in [3.63, 3.8) is 0 Å². The van der Waals surface area contributed by atoms with E-state index in [0.29, 0.717) is 12.0 Å². The average molecular weight is 333 g/mol. The van der Waals surface area contributed by atoms with Gasteiger partial charge in [-0.3, -0.25) is 11.3 Å². The van der Waals surface area contributed by atoms with E-state index >= 15 is 0 Å². The number of hydrogen-bond acceptors (Lipinski definition) is 3. The fourth-order valence-electron chi connectivity index (χ4n) is 1.68. The van der Waals surface area contributed by atoms with E-state index in [1.54, 1.807) is 6.07 Å². The molecule has 0 fully saturated rings. The van der Waals surface area contributed by atoms with Crippen LogP contribution in [0.3, 0.4) is 0 Å². The summed E-state index contributed by atoms with van der Waals surface area (Å²) in [6.45, 7) is 0. The molecule has 0 bridgehead atoms. The third-order valence-electron chi connectivity index (χ3n) is 2.59.